The molecule has 0 saturated heterocycles. The van der Waals surface area contributed by atoms with E-state index in [2.05, 4.69) is 23.5 Å². The van der Waals surface area contributed by atoms with Crippen molar-refractivity contribution in [3.8, 4) is 0 Å². The molecule has 3 nitrogen and oxygen atoms in total. The van der Waals surface area contributed by atoms with Gasteiger partial charge in [0.1, 0.15) is 0 Å². The molecule has 0 aromatic heterocycles. The number of fused-ring (bicyclic) bond motifs is 1. The number of benzene rings is 1. The molecule has 0 bridgehead atoms. The number of hydrogen-bond acceptors (Lipinski definition) is 2. The number of carbonyl (C=O) groups is 1. The molecule has 3 aliphatic rings. The van der Waals surface area contributed by atoms with E-state index in [9.17, 15) is 13.2 Å². The van der Waals surface area contributed by atoms with Crippen molar-refractivity contribution >= 4 is 5.97 Å². The van der Waals surface area contributed by atoms with Crippen LogP contribution in [0.25, 0.3) is 0 Å². The Morgan fingerprint density at radius 2 is 1.81 bits per heavy atom. The SMILES string of the molecule is O=C(O)C(F)(F)F.c1cc2c3c(c1)C1(CCCCC1)CC[C@@H]3CCNC2. The number of aliphatic carboxylic acids is 1. The molecule has 1 aromatic rings. The lowest BCUT2D eigenvalue weighted by atomic mass is 9.59. The summed E-state index contributed by atoms with van der Waals surface area (Å²) in [6.07, 6.45) is 6.41. The van der Waals surface area contributed by atoms with Crippen molar-refractivity contribution < 1.29 is 23.1 Å². The minimum atomic E-state index is -5.08. The molecule has 4 rings (SSSR count). The molecular weight excluding hydrogens is 343 g/mol. The number of hydrogen-bond donors (Lipinski definition) is 2. The maximum absolute atomic E-state index is 10.6. The van der Waals surface area contributed by atoms with Crippen molar-refractivity contribution in [3.63, 3.8) is 0 Å². The first-order valence-corrected chi connectivity index (χ1v) is 9.47. The molecule has 1 spiro atoms. The summed E-state index contributed by atoms with van der Waals surface area (Å²) in [4.78, 5) is 8.90. The van der Waals surface area contributed by atoms with Crippen LogP contribution in [0.5, 0.6) is 0 Å². The van der Waals surface area contributed by atoms with Gasteiger partial charge in [0.25, 0.3) is 0 Å². The predicted octanol–water partition coefficient (Wildman–Crippen LogP) is 4.89. The molecule has 6 heteroatoms. The maximum atomic E-state index is 10.6. The lowest BCUT2D eigenvalue weighted by Crippen LogP contribution is -2.35. The van der Waals surface area contributed by atoms with Crippen LogP contribution in [-0.2, 0) is 16.8 Å². The quantitative estimate of drug-likeness (QED) is 0.684. The maximum Gasteiger partial charge on any atom is 0.490 e. The number of nitrogens with one attached hydrogen (secondary N) is 1. The molecule has 1 aromatic carbocycles. The Morgan fingerprint density at radius 1 is 1.12 bits per heavy atom. The van der Waals surface area contributed by atoms with Gasteiger partial charge in [-0.05, 0) is 66.7 Å². The first-order chi connectivity index (χ1) is 12.3. The predicted molar refractivity (Wildman–Crippen MR) is 93.2 cm³/mol. The van der Waals surface area contributed by atoms with E-state index >= 15 is 0 Å². The normalized spacial score (nSPS) is 24.0. The topological polar surface area (TPSA) is 49.3 Å². The van der Waals surface area contributed by atoms with Crippen molar-refractivity contribution in [2.75, 3.05) is 6.54 Å². The first-order valence-electron chi connectivity index (χ1n) is 9.47. The van der Waals surface area contributed by atoms with Crippen molar-refractivity contribution in [1.82, 2.24) is 5.32 Å². The highest BCUT2D eigenvalue weighted by atomic mass is 19.4. The molecule has 2 aliphatic carbocycles. The van der Waals surface area contributed by atoms with Crippen LogP contribution in [0.1, 0.15) is 74.0 Å². The van der Waals surface area contributed by atoms with E-state index < -0.39 is 12.1 Å². The standard InChI is InChI=1S/C18H25N.C2HF3O2/c1-2-9-18(10-3-1)11-7-14-8-12-19-13-15-5-4-6-16(18)17(14)15;3-2(4,5)1(6)7/h4-6,14,19H,1-3,7-13H2;(H,6,7)/t14-;/m1./s1. The van der Waals surface area contributed by atoms with Gasteiger partial charge in [0.15, 0.2) is 0 Å². The van der Waals surface area contributed by atoms with Crippen LogP contribution >= 0.6 is 0 Å². The van der Waals surface area contributed by atoms with E-state index in [0.29, 0.717) is 5.41 Å². The number of rotatable bonds is 0. The number of carboxylic acids is 1. The van der Waals surface area contributed by atoms with Gasteiger partial charge < -0.3 is 10.4 Å². The van der Waals surface area contributed by atoms with Crippen LogP contribution in [0, 0.1) is 0 Å². The summed E-state index contributed by atoms with van der Waals surface area (Å²) >= 11 is 0. The van der Waals surface area contributed by atoms with E-state index in [4.69, 9.17) is 9.90 Å². The van der Waals surface area contributed by atoms with Crippen LogP contribution in [0.3, 0.4) is 0 Å². The van der Waals surface area contributed by atoms with Gasteiger partial charge in [-0.2, -0.15) is 13.2 Å². The van der Waals surface area contributed by atoms with Gasteiger partial charge in [0, 0.05) is 6.54 Å². The minimum absolute atomic E-state index is 0.560. The Bertz CT molecular complexity index is 651. The Hall–Kier alpha value is -1.56. The highest BCUT2D eigenvalue weighted by Gasteiger charge is 2.41. The van der Waals surface area contributed by atoms with E-state index in [1.165, 1.54) is 57.9 Å². The molecule has 1 aliphatic heterocycles. The zero-order chi connectivity index (χ0) is 18.8. The summed E-state index contributed by atoms with van der Waals surface area (Å²) in [7, 11) is 0. The molecule has 1 saturated carbocycles. The van der Waals surface area contributed by atoms with Gasteiger partial charge in [-0.1, -0.05) is 37.5 Å². The number of carboxylic acid groups (broad SMARTS) is 1. The third-order valence-electron chi connectivity index (χ3n) is 6.19. The molecule has 1 fully saturated rings. The average Bonchev–Trinajstić information content (AvgIpc) is 2.82. The number of alkyl halides is 3. The van der Waals surface area contributed by atoms with E-state index in [-0.39, 0.29) is 0 Å². The second kappa shape index (κ2) is 7.59. The summed E-state index contributed by atoms with van der Waals surface area (Å²) in [5.41, 5.74) is 5.68. The van der Waals surface area contributed by atoms with Crippen LogP contribution in [0.15, 0.2) is 18.2 Å². The van der Waals surface area contributed by atoms with Crippen LogP contribution < -0.4 is 5.32 Å². The Labute approximate surface area is 152 Å². The summed E-state index contributed by atoms with van der Waals surface area (Å²) in [6, 6.07) is 7.16. The van der Waals surface area contributed by atoms with Gasteiger partial charge >= 0.3 is 12.1 Å². The average molecular weight is 369 g/mol. The van der Waals surface area contributed by atoms with Crippen molar-refractivity contribution in [3.05, 3.63) is 34.9 Å². The minimum Gasteiger partial charge on any atom is -0.475 e. The summed E-state index contributed by atoms with van der Waals surface area (Å²) in [5, 5.41) is 10.7. The molecule has 144 valence electrons. The fourth-order valence-corrected chi connectivity index (χ4v) is 4.98. The van der Waals surface area contributed by atoms with Crippen molar-refractivity contribution in [2.45, 2.75) is 75.4 Å². The summed E-state index contributed by atoms with van der Waals surface area (Å²) in [6.45, 7) is 2.29. The van der Waals surface area contributed by atoms with Crippen molar-refractivity contribution in [2.24, 2.45) is 0 Å². The van der Waals surface area contributed by atoms with Gasteiger partial charge in [0.05, 0.1) is 0 Å². The largest absolute Gasteiger partial charge is 0.490 e. The molecule has 0 radical (unpaired) electrons. The van der Waals surface area contributed by atoms with Crippen LogP contribution in [0.2, 0.25) is 0 Å². The molecule has 2 N–H and O–H groups in total. The Kier molecular flexibility index (Phi) is 5.61. The molecule has 1 atom stereocenters. The highest BCUT2D eigenvalue weighted by Crippen LogP contribution is 2.52. The third-order valence-corrected chi connectivity index (χ3v) is 6.19. The Balaban J connectivity index is 0.000000242. The highest BCUT2D eigenvalue weighted by molar-refractivity contribution is 5.73. The zero-order valence-corrected chi connectivity index (χ0v) is 14.9. The summed E-state index contributed by atoms with van der Waals surface area (Å²) in [5.74, 6) is -1.92. The molecule has 0 unspecified atom stereocenters. The van der Waals surface area contributed by atoms with Crippen LogP contribution in [-0.4, -0.2) is 23.8 Å². The van der Waals surface area contributed by atoms with Gasteiger partial charge in [-0.15, -0.1) is 0 Å². The first kappa shape index (κ1) is 19.2. The summed E-state index contributed by atoms with van der Waals surface area (Å²) < 4.78 is 31.7. The van der Waals surface area contributed by atoms with E-state index in [1.807, 2.05) is 0 Å². The smallest absolute Gasteiger partial charge is 0.475 e. The monoisotopic (exact) mass is 369 g/mol. The molecule has 0 amide bonds. The third kappa shape index (κ3) is 3.90. The second-order valence-corrected chi connectivity index (χ2v) is 7.72. The second-order valence-electron chi connectivity index (χ2n) is 7.72. The molecular formula is C20H26F3NO2. The van der Waals surface area contributed by atoms with Crippen molar-refractivity contribution in [1.29, 1.82) is 0 Å². The number of halogens is 3. The fraction of sp³-hybridized carbons (Fsp3) is 0.650. The van der Waals surface area contributed by atoms with E-state index in [0.717, 1.165) is 12.5 Å². The van der Waals surface area contributed by atoms with Gasteiger partial charge in [0.2, 0.25) is 0 Å². The Morgan fingerprint density at radius 3 is 2.46 bits per heavy atom. The van der Waals surface area contributed by atoms with Gasteiger partial charge in [-0.25, -0.2) is 4.79 Å². The fourth-order valence-electron chi connectivity index (χ4n) is 4.98. The van der Waals surface area contributed by atoms with Crippen LogP contribution in [0.4, 0.5) is 13.2 Å². The molecule has 26 heavy (non-hydrogen) atoms. The molecule has 1 heterocycles. The zero-order valence-electron chi connectivity index (χ0n) is 14.9. The lowest BCUT2D eigenvalue weighted by molar-refractivity contribution is -0.192. The van der Waals surface area contributed by atoms with E-state index in [1.54, 1.807) is 16.7 Å². The lowest BCUT2D eigenvalue weighted by Gasteiger charge is -2.45. The van der Waals surface area contributed by atoms with Gasteiger partial charge in [-0.3, -0.25) is 0 Å².